The van der Waals surface area contributed by atoms with E-state index in [4.69, 9.17) is 5.73 Å². The van der Waals surface area contributed by atoms with Crippen LogP contribution in [0.5, 0.6) is 0 Å². The Morgan fingerprint density at radius 2 is 1.87 bits per heavy atom. The predicted octanol–water partition coefficient (Wildman–Crippen LogP) is 2.96. The summed E-state index contributed by atoms with van der Waals surface area (Å²) in [5.41, 5.74) is 7.04. The Bertz CT molecular complexity index is 722. The number of rotatable bonds is 5. The first kappa shape index (κ1) is 16.8. The molecule has 0 aliphatic rings. The van der Waals surface area contributed by atoms with Gasteiger partial charge >= 0.3 is 5.97 Å². The van der Waals surface area contributed by atoms with E-state index in [0.717, 1.165) is 0 Å². The second-order valence-corrected chi connectivity index (χ2v) is 5.96. The van der Waals surface area contributed by atoms with Crippen molar-refractivity contribution in [3.63, 3.8) is 0 Å². The number of aliphatic hydroxyl groups is 1. The third-order valence-corrected chi connectivity index (χ3v) is 3.29. The molecular formula is C17H19FN2O3. The van der Waals surface area contributed by atoms with Crippen LogP contribution in [0.2, 0.25) is 0 Å². The smallest absolute Gasteiger partial charge is 0.335 e. The number of carbonyl (C=O) groups is 1. The van der Waals surface area contributed by atoms with E-state index in [-0.39, 0.29) is 17.9 Å². The van der Waals surface area contributed by atoms with E-state index in [0.29, 0.717) is 22.5 Å². The highest BCUT2D eigenvalue weighted by molar-refractivity contribution is 5.96. The second-order valence-electron chi connectivity index (χ2n) is 5.96. The van der Waals surface area contributed by atoms with Gasteiger partial charge in [-0.3, -0.25) is 0 Å². The molecule has 2 aromatic rings. The standard InChI is InChI=1S/C17H19FN2O3/c1-17(2,23)9-20-14-8-11(16(21)22)7-13(15(14)19)10-3-5-12(18)6-4-10/h3-8,20,23H,9,19H2,1-2H3,(H,21,22). The molecular weight excluding hydrogens is 299 g/mol. The fourth-order valence-electron chi connectivity index (χ4n) is 2.10. The molecule has 0 aliphatic carbocycles. The molecule has 0 spiro atoms. The highest BCUT2D eigenvalue weighted by Crippen LogP contribution is 2.34. The van der Waals surface area contributed by atoms with Gasteiger partial charge in [0.1, 0.15) is 5.82 Å². The molecule has 0 unspecified atom stereocenters. The molecule has 0 aliphatic heterocycles. The Labute approximate surface area is 133 Å². The maximum Gasteiger partial charge on any atom is 0.335 e. The fourth-order valence-corrected chi connectivity index (χ4v) is 2.10. The first-order chi connectivity index (χ1) is 10.7. The Hall–Kier alpha value is -2.60. The van der Waals surface area contributed by atoms with Gasteiger partial charge in [-0.15, -0.1) is 0 Å². The van der Waals surface area contributed by atoms with Crippen molar-refractivity contribution in [2.75, 3.05) is 17.6 Å². The normalized spacial score (nSPS) is 11.3. The lowest BCUT2D eigenvalue weighted by Crippen LogP contribution is -2.29. The number of nitrogens with two attached hydrogens (primary N) is 1. The topological polar surface area (TPSA) is 95.6 Å². The van der Waals surface area contributed by atoms with Crippen LogP contribution in [0.25, 0.3) is 11.1 Å². The Morgan fingerprint density at radius 1 is 1.26 bits per heavy atom. The SMILES string of the molecule is CC(C)(O)CNc1cc(C(=O)O)cc(-c2ccc(F)cc2)c1N. The summed E-state index contributed by atoms with van der Waals surface area (Å²) in [6.07, 6.45) is 0. The van der Waals surface area contributed by atoms with Crippen LogP contribution in [0.15, 0.2) is 36.4 Å². The molecule has 0 radical (unpaired) electrons. The third-order valence-electron chi connectivity index (χ3n) is 3.29. The minimum absolute atomic E-state index is 0.0526. The second kappa shape index (κ2) is 6.26. The molecule has 0 amide bonds. The highest BCUT2D eigenvalue weighted by Gasteiger charge is 2.17. The van der Waals surface area contributed by atoms with E-state index < -0.39 is 11.6 Å². The minimum Gasteiger partial charge on any atom is -0.478 e. The monoisotopic (exact) mass is 318 g/mol. The number of nitrogens with one attached hydrogen (secondary N) is 1. The molecule has 0 atom stereocenters. The van der Waals surface area contributed by atoms with Crippen molar-refractivity contribution in [1.29, 1.82) is 0 Å². The zero-order valence-corrected chi connectivity index (χ0v) is 12.9. The molecule has 122 valence electrons. The lowest BCUT2D eigenvalue weighted by molar-refractivity contribution is 0.0697. The summed E-state index contributed by atoms with van der Waals surface area (Å²) >= 11 is 0. The van der Waals surface area contributed by atoms with Gasteiger partial charge in [0.15, 0.2) is 0 Å². The number of carboxylic acid groups (broad SMARTS) is 1. The molecule has 0 saturated carbocycles. The Morgan fingerprint density at radius 3 is 2.39 bits per heavy atom. The maximum absolute atomic E-state index is 13.1. The zero-order chi connectivity index (χ0) is 17.2. The van der Waals surface area contributed by atoms with Crippen molar-refractivity contribution in [2.45, 2.75) is 19.4 Å². The summed E-state index contributed by atoms with van der Waals surface area (Å²) in [4.78, 5) is 11.3. The maximum atomic E-state index is 13.1. The number of nitrogen functional groups attached to an aromatic ring is 1. The van der Waals surface area contributed by atoms with Gasteiger partial charge in [0.25, 0.3) is 0 Å². The Balaban J connectivity index is 2.50. The molecule has 0 bridgehead atoms. The summed E-state index contributed by atoms with van der Waals surface area (Å²) < 4.78 is 13.1. The molecule has 0 aromatic heterocycles. The minimum atomic E-state index is -1.10. The van der Waals surface area contributed by atoms with E-state index in [9.17, 15) is 19.4 Å². The van der Waals surface area contributed by atoms with Crippen LogP contribution in [-0.4, -0.2) is 28.3 Å². The van der Waals surface area contributed by atoms with Gasteiger partial charge in [0, 0.05) is 12.1 Å². The van der Waals surface area contributed by atoms with Gasteiger partial charge in [0.05, 0.1) is 22.5 Å². The zero-order valence-electron chi connectivity index (χ0n) is 12.9. The quantitative estimate of drug-likeness (QED) is 0.636. The number of benzene rings is 2. The highest BCUT2D eigenvalue weighted by atomic mass is 19.1. The molecule has 0 heterocycles. The van der Waals surface area contributed by atoms with E-state index in [1.54, 1.807) is 13.8 Å². The fraction of sp³-hybridized carbons (Fsp3) is 0.235. The molecule has 0 fully saturated rings. The molecule has 5 N–H and O–H groups in total. The predicted molar refractivity (Wildman–Crippen MR) is 88.0 cm³/mol. The van der Waals surface area contributed by atoms with Gasteiger partial charge in [-0.25, -0.2) is 9.18 Å². The van der Waals surface area contributed by atoms with Crippen molar-refractivity contribution in [2.24, 2.45) is 0 Å². The molecule has 2 rings (SSSR count). The van der Waals surface area contributed by atoms with Gasteiger partial charge in [-0.2, -0.15) is 0 Å². The van der Waals surface area contributed by atoms with Crippen LogP contribution in [-0.2, 0) is 0 Å². The van der Waals surface area contributed by atoms with Gasteiger partial charge < -0.3 is 21.3 Å². The summed E-state index contributed by atoms with van der Waals surface area (Å²) in [7, 11) is 0. The molecule has 5 nitrogen and oxygen atoms in total. The number of halogens is 1. The summed E-state index contributed by atoms with van der Waals surface area (Å²) in [5, 5.41) is 22.0. The molecule has 0 saturated heterocycles. The molecule has 6 heteroatoms. The largest absolute Gasteiger partial charge is 0.478 e. The number of carboxylic acids is 1. The van der Waals surface area contributed by atoms with Crippen molar-refractivity contribution < 1.29 is 19.4 Å². The van der Waals surface area contributed by atoms with Gasteiger partial charge in [-0.05, 0) is 43.7 Å². The van der Waals surface area contributed by atoms with Crippen LogP contribution in [0, 0.1) is 5.82 Å². The average molecular weight is 318 g/mol. The number of aromatic carboxylic acids is 1. The summed E-state index contributed by atoms with van der Waals surface area (Å²) in [6, 6.07) is 8.49. The van der Waals surface area contributed by atoms with Crippen LogP contribution in [0.3, 0.4) is 0 Å². The lowest BCUT2D eigenvalue weighted by atomic mass is 9.99. The first-order valence-electron chi connectivity index (χ1n) is 7.06. The average Bonchev–Trinajstić information content (AvgIpc) is 2.46. The van der Waals surface area contributed by atoms with Crippen LogP contribution in [0.1, 0.15) is 24.2 Å². The first-order valence-corrected chi connectivity index (χ1v) is 7.06. The van der Waals surface area contributed by atoms with E-state index >= 15 is 0 Å². The van der Waals surface area contributed by atoms with Gasteiger partial charge in [0.2, 0.25) is 0 Å². The van der Waals surface area contributed by atoms with E-state index in [1.165, 1.54) is 36.4 Å². The van der Waals surface area contributed by atoms with Crippen molar-refractivity contribution in [3.8, 4) is 11.1 Å². The summed E-state index contributed by atoms with van der Waals surface area (Å²) in [6.45, 7) is 3.44. The number of anilines is 2. The van der Waals surface area contributed by atoms with Crippen molar-refractivity contribution in [3.05, 3.63) is 47.8 Å². The number of hydrogen-bond acceptors (Lipinski definition) is 4. The third kappa shape index (κ3) is 4.20. The van der Waals surface area contributed by atoms with Crippen LogP contribution < -0.4 is 11.1 Å². The lowest BCUT2D eigenvalue weighted by Gasteiger charge is -2.21. The molecule has 23 heavy (non-hydrogen) atoms. The van der Waals surface area contributed by atoms with Crippen LogP contribution in [0.4, 0.5) is 15.8 Å². The van der Waals surface area contributed by atoms with Gasteiger partial charge in [-0.1, -0.05) is 12.1 Å². The Kier molecular flexibility index (Phi) is 4.56. The van der Waals surface area contributed by atoms with Crippen LogP contribution >= 0.6 is 0 Å². The van der Waals surface area contributed by atoms with Crippen molar-refractivity contribution >= 4 is 17.3 Å². The van der Waals surface area contributed by atoms with E-state index in [1.807, 2.05) is 0 Å². The number of hydrogen-bond donors (Lipinski definition) is 4. The summed E-state index contributed by atoms with van der Waals surface area (Å²) in [5.74, 6) is -1.48. The van der Waals surface area contributed by atoms with Crippen molar-refractivity contribution in [1.82, 2.24) is 0 Å². The van der Waals surface area contributed by atoms with E-state index in [2.05, 4.69) is 5.32 Å². The molecule has 2 aromatic carbocycles.